The first-order valence-corrected chi connectivity index (χ1v) is 6.39. The summed E-state index contributed by atoms with van der Waals surface area (Å²) in [6, 6.07) is 9.32. The molecule has 0 amide bonds. The first-order chi connectivity index (χ1) is 8.72. The summed E-state index contributed by atoms with van der Waals surface area (Å²) in [6.45, 7) is 0. The first-order valence-electron chi connectivity index (χ1n) is 5.16. The SMILES string of the molecule is CSc1ncc(C#N)c(Nc2cccc(N)c2)n1. The molecule has 0 atom stereocenters. The predicted octanol–water partition coefficient (Wildman–Crippen LogP) is 2.40. The van der Waals surface area contributed by atoms with E-state index in [1.165, 1.54) is 18.0 Å². The maximum Gasteiger partial charge on any atom is 0.189 e. The standard InChI is InChI=1S/C12H11N5S/c1-18-12-15-7-8(6-13)11(17-12)16-10-4-2-3-9(14)5-10/h2-5,7H,14H2,1H3,(H,15,16,17). The van der Waals surface area contributed by atoms with Gasteiger partial charge in [-0.1, -0.05) is 17.8 Å². The van der Waals surface area contributed by atoms with Crippen LogP contribution in [0, 0.1) is 11.3 Å². The van der Waals surface area contributed by atoms with Gasteiger partial charge in [0.1, 0.15) is 11.6 Å². The van der Waals surface area contributed by atoms with Crippen LogP contribution < -0.4 is 11.1 Å². The van der Waals surface area contributed by atoms with Gasteiger partial charge in [0.15, 0.2) is 11.0 Å². The van der Waals surface area contributed by atoms with Gasteiger partial charge in [0.05, 0.1) is 6.20 Å². The average molecular weight is 257 g/mol. The first kappa shape index (κ1) is 12.2. The topological polar surface area (TPSA) is 87.6 Å². The molecule has 0 fully saturated rings. The van der Waals surface area contributed by atoms with Crippen LogP contribution in [0.3, 0.4) is 0 Å². The van der Waals surface area contributed by atoms with Crippen molar-refractivity contribution in [3.05, 3.63) is 36.0 Å². The Morgan fingerprint density at radius 3 is 2.94 bits per heavy atom. The van der Waals surface area contributed by atoms with Gasteiger partial charge in [0, 0.05) is 11.4 Å². The zero-order chi connectivity index (χ0) is 13.0. The Labute approximate surface area is 109 Å². The lowest BCUT2D eigenvalue weighted by atomic mass is 10.2. The highest BCUT2D eigenvalue weighted by Gasteiger charge is 2.06. The molecule has 6 heteroatoms. The van der Waals surface area contributed by atoms with Crippen LogP contribution >= 0.6 is 11.8 Å². The fraction of sp³-hybridized carbons (Fsp3) is 0.0833. The van der Waals surface area contributed by atoms with Crippen molar-refractivity contribution in [2.45, 2.75) is 5.16 Å². The molecule has 0 aliphatic rings. The van der Waals surface area contributed by atoms with Crippen molar-refractivity contribution in [1.29, 1.82) is 5.26 Å². The molecule has 0 aliphatic heterocycles. The van der Waals surface area contributed by atoms with Crippen molar-refractivity contribution in [3.63, 3.8) is 0 Å². The molecule has 2 aromatic rings. The van der Waals surface area contributed by atoms with Crippen LogP contribution in [0.5, 0.6) is 0 Å². The molecule has 0 saturated carbocycles. The van der Waals surface area contributed by atoms with E-state index in [9.17, 15) is 0 Å². The quantitative estimate of drug-likeness (QED) is 0.498. The lowest BCUT2D eigenvalue weighted by molar-refractivity contribution is 0.969. The van der Waals surface area contributed by atoms with Crippen molar-refractivity contribution in [2.75, 3.05) is 17.3 Å². The number of nitrogens with one attached hydrogen (secondary N) is 1. The molecule has 90 valence electrons. The Bertz CT molecular complexity index is 606. The largest absolute Gasteiger partial charge is 0.399 e. The Morgan fingerprint density at radius 2 is 2.28 bits per heavy atom. The van der Waals surface area contributed by atoms with E-state index in [-0.39, 0.29) is 0 Å². The van der Waals surface area contributed by atoms with Gasteiger partial charge in [0.25, 0.3) is 0 Å². The number of nitriles is 1. The molecule has 5 nitrogen and oxygen atoms in total. The number of thioether (sulfide) groups is 1. The van der Waals surface area contributed by atoms with E-state index in [1.54, 1.807) is 12.1 Å². The maximum atomic E-state index is 9.01. The minimum absolute atomic E-state index is 0.398. The molecule has 0 saturated heterocycles. The zero-order valence-corrected chi connectivity index (χ0v) is 10.5. The average Bonchev–Trinajstić information content (AvgIpc) is 2.38. The summed E-state index contributed by atoms with van der Waals surface area (Å²) in [7, 11) is 0. The lowest BCUT2D eigenvalue weighted by Crippen LogP contribution is -2.00. The Kier molecular flexibility index (Phi) is 3.65. The molecule has 18 heavy (non-hydrogen) atoms. The van der Waals surface area contributed by atoms with E-state index < -0.39 is 0 Å². The van der Waals surface area contributed by atoms with Crippen LogP contribution in [0.15, 0.2) is 35.6 Å². The van der Waals surface area contributed by atoms with E-state index in [4.69, 9.17) is 11.0 Å². The van der Waals surface area contributed by atoms with Gasteiger partial charge in [-0.2, -0.15) is 5.26 Å². The molecule has 0 aliphatic carbocycles. The van der Waals surface area contributed by atoms with Crippen molar-refractivity contribution in [2.24, 2.45) is 0 Å². The number of benzene rings is 1. The number of hydrogen-bond acceptors (Lipinski definition) is 6. The Hall–Kier alpha value is -2.26. The molecule has 0 spiro atoms. The van der Waals surface area contributed by atoms with Crippen molar-refractivity contribution < 1.29 is 0 Å². The molecule has 0 radical (unpaired) electrons. The molecule has 1 aromatic carbocycles. The maximum absolute atomic E-state index is 9.01. The number of nitrogens with zero attached hydrogens (tertiary/aromatic N) is 3. The fourth-order valence-electron chi connectivity index (χ4n) is 1.39. The van der Waals surface area contributed by atoms with Gasteiger partial charge in [-0.15, -0.1) is 0 Å². The number of aromatic nitrogens is 2. The monoisotopic (exact) mass is 257 g/mol. The molecular formula is C12H11N5S. The normalized spacial score (nSPS) is 9.78. The smallest absolute Gasteiger partial charge is 0.189 e. The van der Waals surface area contributed by atoms with Crippen LogP contribution in [0.2, 0.25) is 0 Å². The third kappa shape index (κ3) is 2.70. The van der Waals surface area contributed by atoms with Gasteiger partial charge in [-0.05, 0) is 24.5 Å². The van der Waals surface area contributed by atoms with Crippen LogP contribution in [0.25, 0.3) is 0 Å². The number of hydrogen-bond donors (Lipinski definition) is 2. The number of anilines is 3. The van der Waals surface area contributed by atoms with Crippen LogP contribution in [0.1, 0.15) is 5.56 Å². The van der Waals surface area contributed by atoms with Crippen molar-refractivity contribution in [1.82, 2.24) is 9.97 Å². The molecular weight excluding hydrogens is 246 g/mol. The van der Waals surface area contributed by atoms with Gasteiger partial charge in [-0.3, -0.25) is 0 Å². The number of rotatable bonds is 3. The summed E-state index contributed by atoms with van der Waals surface area (Å²) >= 11 is 1.42. The van der Waals surface area contributed by atoms with E-state index in [2.05, 4.69) is 21.4 Å². The zero-order valence-electron chi connectivity index (χ0n) is 9.71. The van der Waals surface area contributed by atoms with Crippen molar-refractivity contribution >= 4 is 29.0 Å². The fourth-order valence-corrected chi connectivity index (χ4v) is 1.73. The second-order valence-corrected chi connectivity index (χ2v) is 4.25. The molecule has 1 heterocycles. The third-order valence-corrected chi connectivity index (χ3v) is 2.78. The van der Waals surface area contributed by atoms with E-state index in [0.29, 0.717) is 22.2 Å². The van der Waals surface area contributed by atoms with Crippen molar-refractivity contribution in [3.8, 4) is 6.07 Å². The highest BCUT2D eigenvalue weighted by Crippen LogP contribution is 2.21. The van der Waals surface area contributed by atoms with Gasteiger partial charge >= 0.3 is 0 Å². The minimum atomic E-state index is 0.398. The number of nitrogen functional groups attached to an aromatic ring is 1. The summed E-state index contributed by atoms with van der Waals surface area (Å²) in [6.07, 6.45) is 3.39. The highest BCUT2D eigenvalue weighted by atomic mass is 32.2. The predicted molar refractivity (Wildman–Crippen MR) is 72.7 cm³/mol. The highest BCUT2D eigenvalue weighted by molar-refractivity contribution is 7.98. The Morgan fingerprint density at radius 1 is 1.44 bits per heavy atom. The summed E-state index contributed by atoms with van der Waals surface area (Å²) in [4.78, 5) is 8.32. The second-order valence-electron chi connectivity index (χ2n) is 3.48. The Balaban J connectivity index is 2.36. The summed E-state index contributed by atoms with van der Waals surface area (Å²) in [5.74, 6) is 0.488. The molecule has 1 aromatic heterocycles. The second kappa shape index (κ2) is 5.38. The van der Waals surface area contributed by atoms with Gasteiger partial charge in [-0.25, -0.2) is 9.97 Å². The van der Waals surface area contributed by atoms with Crippen LogP contribution in [-0.4, -0.2) is 16.2 Å². The molecule has 2 rings (SSSR count). The number of nitrogens with two attached hydrogens (primary N) is 1. The van der Waals surface area contributed by atoms with Gasteiger partial charge in [0.2, 0.25) is 0 Å². The lowest BCUT2D eigenvalue weighted by Gasteiger charge is -2.08. The van der Waals surface area contributed by atoms with E-state index >= 15 is 0 Å². The molecule has 0 bridgehead atoms. The third-order valence-electron chi connectivity index (χ3n) is 2.22. The summed E-state index contributed by atoms with van der Waals surface area (Å²) in [5, 5.41) is 12.7. The molecule has 3 N–H and O–H groups in total. The summed E-state index contributed by atoms with van der Waals surface area (Å²) < 4.78 is 0. The minimum Gasteiger partial charge on any atom is -0.399 e. The van der Waals surface area contributed by atoms with Crippen LogP contribution in [0.4, 0.5) is 17.2 Å². The van der Waals surface area contributed by atoms with E-state index in [1.807, 2.05) is 18.4 Å². The molecule has 0 unspecified atom stereocenters. The summed E-state index contributed by atoms with van der Waals surface area (Å²) in [5.41, 5.74) is 7.54. The van der Waals surface area contributed by atoms with E-state index in [0.717, 1.165) is 5.69 Å². The van der Waals surface area contributed by atoms with Crippen LogP contribution in [-0.2, 0) is 0 Å². The van der Waals surface area contributed by atoms with Gasteiger partial charge < -0.3 is 11.1 Å².